The van der Waals surface area contributed by atoms with Gasteiger partial charge in [-0.2, -0.15) is 0 Å². The second kappa shape index (κ2) is 10.3. The van der Waals surface area contributed by atoms with Crippen LogP contribution in [0, 0.1) is 10.1 Å². The number of nitro groups is 1. The van der Waals surface area contributed by atoms with E-state index in [1.165, 1.54) is 12.1 Å². The summed E-state index contributed by atoms with van der Waals surface area (Å²) in [5, 5.41) is 25.2. The summed E-state index contributed by atoms with van der Waals surface area (Å²) in [7, 11) is 0. The van der Waals surface area contributed by atoms with Gasteiger partial charge in [0.15, 0.2) is 0 Å². The molecule has 0 radical (unpaired) electrons. The van der Waals surface area contributed by atoms with Gasteiger partial charge in [-0.15, -0.1) is 0 Å². The number of anilines is 2. The number of ether oxygens (including phenoxy) is 1. The molecule has 0 spiro atoms. The molecule has 144 valence electrons. The first-order valence-corrected chi connectivity index (χ1v) is 8.12. The molecule has 0 fully saturated rings. The molecule has 10 heteroatoms. The largest absolute Gasteiger partial charge is 0.480 e. The van der Waals surface area contributed by atoms with E-state index >= 15 is 0 Å². The zero-order valence-corrected chi connectivity index (χ0v) is 14.7. The van der Waals surface area contributed by atoms with E-state index in [0.29, 0.717) is 19.6 Å². The molecule has 0 aromatic heterocycles. The minimum Gasteiger partial charge on any atom is -0.480 e. The van der Waals surface area contributed by atoms with Crippen LogP contribution >= 0.6 is 0 Å². The molecule has 0 heterocycles. The van der Waals surface area contributed by atoms with Gasteiger partial charge in [-0.3, -0.25) is 19.7 Å². The summed E-state index contributed by atoms with van der Waals surface area (Å²) < 4.78 is 5.35. The Bertz CT molecular complexity index is 650. The number of benzene rings is 1. The summed E-state index contributed by atoms with van der Waals surface area (Å²) >= 11 is 0. The molecule has 10 nitrogen and oxygen atoms in total. The fourth-order valence-electron chi connectivity index (χ4n) is 2.07. The maximum Gasteiger partial charge on any atom is 0.321 e. The number of non-ortho nitro benzene ring substituents is 1. The van der Waals surface area contributed by atoms with Crippen molar-refractivity contribution in [3.05, 3.63) is 28.3 Å². The molecule has 1 aromatic carbocycles. The standard InChI is InChI=1S/C16H24N4O6/c1-10(2)26-7-3-6-18-14(16(22)23)9-15(21)19-13-8-11(20(24)25)4-5-12(13)17/h4-5,8,10,14,18H,3,6-7,9,17H2,1-2H3,(H,19,21)(H,22,23). The Morgan fingerprint density at radius 1 is 1.38 bits per heavy atom. The third kappa shape index (κ3) is 7.45. The second-order valence-corrected chi connectivity index (χ2v) is 5.90. The van der Waals surface area contributed by atoms with Crippen LogP contribution < -0.4 is 16.4 Å². The first-order valence-electron chi connectivity index (χ1n) is 8.12. The number of carboxylic acids is 1. The summed E-state index contributed by atoms with van der Waals surface area (Å²) in [4.78, 5) is 33.5. The number of carboxylic acid groups (broad SMARTS) is 1. The van der Waals surface area contributed by atoms with E-state index in [1.807, 2.05) is 13.8 Å². The van der Waals surface area contributed by atoms with Crippen molar-refractivity contribution in [2.45, 2.75) is 38.8 Å². The molecule has 0 saturated heterocycles. The highest BCUT2D eigenvalue weighted by molar-refractivity contribution is 5.96. The number of nitrogen functional groups attached to an aromatic ring is 1. The average Bonchev–Trinajstić information content (AvgIpc) is 2.54. The van der Waals surface area contributed by atoms with Gasteiger partial charge in [0.2, 0.25) is 5.91 Å². The summed E-state index contributed by atoms with van der Waals surface area (Å²) in [5.41, 5.74) is 5.67. The molecule has 26 heavy (non-hydrogen) atoms. The zero-order chi connectivity index (χ0) is 19.7. The highest BCUT2D eigenvalue weighted by Gasteiger charge is 2.21. The van der Waals surface area contributed by atoms with Crippen molar-refractivity contribution in [2.24, 2.45) is 0 Å². The summed E-state index contributed by atoms with van der Waals surface area (Å²) in [6, 6.07) is 2.55. The molecule has 0 aliphatic rings. The van der Waals surface area contributed by atoms with E-state index < -0.39 is 22.8 Å². The van der Waals surface area contributed by atoms with Gasteiger partial charge in [0.1, 0.15) is 6.04 Å². The lowest BCUT2D eigenvalue weighted by Crippen LogP contribution is -2.40. The molecular weight excluding hydrogens is 344 g/mol. The maximum absolute atomic E-state index is 12.1. The van der Waals surface area contributed by atoms with Crippen LogP contribution in [-0.4, -0.2) is 47.2 Å². The van der Waals surface area contributed by atoms with Crippen molar-refractivity contribution in [2.75, 3.05) is 24.2 Å². The van der Waals surface area contributed by atoms with Gasteiger partial charge in [-0.25, -0.2) is 0 Å². The monoisotopic (exact) mass is 368 g/mol. The fourth-order valence-corrected chi connectivity index (χ4v) is 2.07. The number of nitrogens with zero attached hydrogens (tertiary/aromatic N) is 1. The summed E-state index contributed by atoms with van der Waals surface area (Å²) in [6.45, 7) is 4.65. The third-order valence-electron chi connectivity index (χ3n) is 3.37. The van der Waals surface area contributed by atoms with Crippen LogP contribution in [0.3, 0.4) is 0 Å². The lowest BCUT2D eigenvalue weighted by molar-refractivity contribution is -0.384. The van der Waals surface area contributed by atoms with Crippen molar-refractivity contribution < 1.29 is 24.4 Å². The molecule has 1 amide bonds. The number of hydrogen-bond acceptors (Lipinski definition) is 7. The van der Waals surface area contributed by atoms with Gasteiger partial charge in [0, 0.05) is 18.7 Å². The molecule has 0 saturated carbocycles. The number of nitrogens with one attached hydrogen (secondary N) is 2. The first-order chi connectivity index (χ1) is 12.2. The average molecular weight is 368 g/mol. The number of aliphatic carboxylic acids is 1. The molecule has 0 aliphatic carbocycles. The normalized spacial score (nSPS) is 12.0. The van der Waals surface area contributed by atoms with E-state index in [4.69, 9.17) is 10.5 Å². The summed E-state index contributed by atoms with van der Waals surface area (Å²) in [5.74, 6) is -1.78. The first kappa shape index (κ1) is 21.3. The van der Waals surface area contributed by atoms with Gasteiger partial charge >= 0.3 is 5.97 Å². The van der Waals surface area contributed by atoms with E-state index in [0.717, 1.165) is 6.07 Å². The quantitative estimate of drug-likeness (QED) is 0.197. The number of carbonyl (C=O) groups is 2. The number of carbonyl (C=O) groups excluding carboxylic acids is 1. The fraction of sp³-hybridized carbons (Fsp3) is 0.500. The minimum atomic E-state index is -1.17. The van der Waals surface area contributed by atoms with Crippen LogP contribution in [0.4, 0.5) is 17.1 Å². The highest BCUT2D eigenvalue weighted by Crippen LogP contribution is 2.24. The number of hydrogen-bond donors (Lipinski definition) is 4. The SMILES string of the molecule is CC(C)OCCCNC(CC(=O)Nc1cc([N+](=O)[O-])ccc1N)C(=O)O. The molecular formula is C16H24N4O6. The molecule has 5 N–H and O–H groups in total. The third-order valence-corrected chi connectivity index (χ3v) is 3.37. The van der Waals surface area contributed by atoms with Crippen molar-refractivity contribution in [3.63, 3.8) is 0 Å². The smallest absolute Gasteiger partial charge is 0.321 e. The summed E-state index contributed by atoms with van der Waals surface area (Å²) in [6.07, 6.45) is 0.348. The van der Waals surface area contributed by atoms with Crippen LogP contribution in [-0.2, 0) is 14.3 Å². The van der Waals surface area contributed by atoms with Crippen molar-refractivity contribution in [1.29, 1.82) is 0 Å². The highest BCUT2D eigenvalue weighted by atomic mass is 16.6. The van der Waals surface area contributed by atoms with E-state index in [1.54, 1.807) is 0 Å². The van der Waals surface area contributed by atoms with Crippen LogP contribution in [0.5, 0.6) is 0 Å². The van der Waals surface area contributed by atoms with E-state index in [2.05, 4.69) is 10.6 Å². The van der Waals surface area contributed by atoms with Crippen molar-refractivity contribution in [3.8, 4) is 0 Å². The van der Waals surface area contributed by atoms with Crippen LogP contribution in [0.1, 0.15) is 26.7 Å². The molecule has 1 unspecified atom stereocenters. The van der Waals surface area contributed by atoms with E-state index in [-0.39, 0.29) is 29.6 Å². The Morgan fingerprint density at radius 2 is 2.08 bits per heavy atom. The lowest BCUT2D eigenvalue weighted by Gasteiger charge is -2.15. The predicted molar refractivity (Wildman–Crippen MR) is 95.9 cm³/mol. The van der Waals surface area contributed by atoms with Crippen LogP contribution in [0.25, 0.3) is 0 Å². The van der Waals surface area contributed by atoms with Gasteiger partial charge in [-0.1, -0.05) is 0 Å². The maximum atomic E-state index is 12.1. The Morgan fingerprint density at radius 3 is 2.65 bits per heavy atom. The zero-order valence-electron chi connectivity index (χ0n) is 14.7. The Balaban J connectivity index is 2.58. The van der Waals surface area contributed by atoms with Crippen LogP contribution in [0.15, 0.2) is 18.2 Å². The molecule has 1 rings (SSSR count). The molecule has 0 bridgehead atoms. The lowest BCUT2D eigenvalue weighted by atomic mass is 10.1. The minimum absolute atomic E-state index is 0.0682. The Kier molecular flexibility index (Phi) is 8.46. The van der Waals surface area contributed by atoms with Crippen LogP contribution in [0.2, 0.25) is 0 Å². The number of nitrogens with two attached hydrogens (primary N) is 1. The second-order valence-electron chi connectivity index (χ2n) is 5.90. The Hall–Kier alpha value is -2.72. The molecule has 1 aromatic rings. The van der Waals surface area contributed by atoms with Crippen molar-refractivity contribution in [1.82, 2.24) is 5.32 Å². The topological polar surface area (TPSA) is 157 Å². The number of amides is 1. The van der Waals surface area contributed by atoms with Gasteiger partial charge in [0.05, 0.1) is 28.8 Å². The Labute approximate surface area is 150 Å². The van der Waals surface area contributed by atoms with Gasteiger partial charge in [0.25, 0.3) is 5.69 Å². The van der Waals surface area contributed by atoms with Gasteiger partial charge in [-0.05, 0) is 32.9 Å². The molecule has 1 atom stereocenters. The predicted octanol–water partition coefficient (Wildman–Crippen LogP) is 1.36. The van der Waals surface area contributed by atoms with E-state index in [9.17, 15) is 24.8 Å². The number of rotatable bonds is 11. The van der Waals surface area contributed by atoms with Gasteiger partial charge < -0.3 is 26.2 Å². The molecule has 0 aliphatic heterocycles. The van der Waals surface area contributed by atoms with Crippen molar-refractivity contribution >= 4 is 28.9 Å². The number of nitro benzene ring substituents is 1.